The molecule has 0 radical (unpaired) electrons. The van der Waals surface area contributed by atoms with E-state index in [9.17, 15) is 4.79 Å². The largest absolute Gasteiger partial charge is 0.375 e. The first-order valence-corrected chi connectivity index (χ1v) is 13.5. The molecule has 0 spiro atoms. The predicted molar refractivity (Wildman–Crippen MR) is 74.5 cm³/mol. The summed E-state index contributed by atoms with van der Waals surface area (Å²) < 4.78 is 12.0. The highest BCUT2D eigenvalue weighted by atomic mass is 31.2. The highest BCUT2D eigenvalue weighted by molar-refractivity contribution is 7.50. The minimum Gasteiger partial charge on any atom is -0.375 e. The van der Waals surface area contributed by atoms with E-state index in [2.05, 4.69) is 39.3 Å². The van der Waals surface area contributed by atoms with Gasteiger partial charge in [0, 0.05) is 7.05 Å². The SMILES string of the molecule is CN(C=O)CP(O[Si](C)(C)C)O[Si](C)(C)C. The first kappa shape index (κ1) is 16.3. The second kappa shape index (κ2) is 6.26. The third-order valence-corrected chi connectivity index (χ3v) is 7.96. The van der Waals surface area contributed by atoms with Crippen molar-refractivity contribution in [3.63, 3.8) is 0 Å². The van der Waals surface area contributed by atoms with Crippen LogP contribution in [0.4, 0.5) is 0 Å². The van der Waals surface area contributed by atoms with Crippen molar-refractivity contribution in [1.29, 1.82) is 0 Å². The highest BCUT2D eigenvalue weighted by Crippen LogP contribution is 2.44. The third-order valence-electron chi connectivity index (χ3n) is 1.27. The molecule has 0 aliphatic rings. The van der Waals surface area contributed by atoms with Crippen LogP contribution >= 0.6 is 8.38 Å². The van der Waals surface area contributed by atoms with Crippen molar-refractivity contribution in [3.8, 4) is 0 Å². The molecule has 7 heteroatoms. The molecule has 0 bridgehead atoms. The molecule has 0 aromatic carbocycles. The molecule has 0 aliphatic carbocycles. The minimum atomic E-state index is -1.62. The van der Waals surface area contributed by atoms with Gasteiger partial charge in [0.15, 0.2) is 25.0 Å². The normalized spacial score (nSPS) is 13.0. The van der Waals surface area contributed by atoms with Crippen molar-refractivity contribution in [1.82, 2.24) is 4.90 Å². The average Bonchev–Trinajstić information content (AvgIpc) is 1.97. The van der Waals surface area contributed by atoms with Crippen LogP contribution in [0.3, 0.4) is 0 Å². The fourth-order valence-electron chi connectivity index (χ4n) is 0.903. The lowest BCUT2D eigenvalue weighted by Gasteiger charge is -2.31. The minimum absolute atomic E-state index is 0.563. The van der Waals surface area contributed by atoms with E-state index in [4.69, 9.17) is 8.43 Å². The van der Waals surface area contributed by atoms with Gasteiger partial charge in [0.05, 0.1) is 6.29 Å². The quantitative estimate of drug-likeness (QED) is 0.409. The number of hydrogen-bond donors (Lipinski definition) is 0. The second-order valence-corrected chi connectivity index (χ2v) is 16.6. The van der Waals surface area contributed by atoms with Gasteiger partial charge < -0.3 is 13.3 Å². The zero-order chi connectivity index (χ0) is 13.0. The molecule has 96 valence electrons. The molecule has 0 fully saturated rings. The molecule has 0 aromatic rings. The van der Waals surface area contributed by atoms with E-state index in [1.54, 1.807) is 11.9 Å². The summed E-state index contributed by atoms with van der Waals surface area (Å²) >= 11 is 0. The van der Waals surface area contributed by atoms with Gasteiger partial charge in [-0.1, -0.05) is 0 Å². The van der Waals surface area contributed by atoms with Crippen LogP contribution in [-0.2, 0) is 13.2 Å². The van der Waals surface area contributed by atoms with Crippen LogP contribution in [0.15, 0.2) is 0 Å². The van der Waals surface area contributed by atoms with Crippen LogP contribution in [0.1, 0.15) is 0 Å². The Kier molecular flexibility index (Phi) is 6.36. The Morgan fingerprint density at radius 2 is 1.44 bits per heavy atom. The summed E-state index contributed by atoms with van der Waals surface area (Å²) in [6.45, 7) is 12.8. The zero-order valence-electron chi connectivity index (χ0n) is 11.4. The van der Waals surface area contributed by atoms with E-state index >= 15 is 0 Å². The van der Waals surface area contributed by atoms with E-state index < -0.39 is 25.0 Å². The molecule has 1 amide bonds. The number of rotatable bonds is 7. The molecule has 16 heavy (non-hydrogen) atoms. The van der Waals surface area contributed by atoms with Crippen molar-refractivity contribution in [2.24, 2.45) is 0 Å². The van der Waals surface area contributed by atoms with Gasteiger partial charge in [0.1, 0.15) is 0 Å². The van der Waals surface area contributed by atoms with Crippen LogP contribution in [0, 0.1) is 0 Å². The average molecular weight is 281 g/mol. The smallest absolute Gasteiger partial charge is 0.209 e. The molecule has 4 nitrogen and oxygen atoms in total. The Balaban J connectivity index is 4.45. The van der Waals surface area contributed by atoms with Crippen LogP contribution in [0.2, 0.25) is 39.3 Å². The van der Waals surface area contributed by atoms with Gasteiger partial charge in [-0.3, -0.25) is 4.79 Å². The number of carbonyl (C=O) groups is 1. The first-order chi connectivity index (χ1) is 7.03. The molecule has 0 saturated carbocycles. The lowest BCUT2D eigenvalue weighted by molar-refractivity contribution is -0.116. The predicted octanol–water partition coefficient (Wildman–Crippen LogP) is 3.05. The second-order valence-electron chi connectivity index (χ2n) is 5.74. The van der Waals surface area contributed by atoms with Gasteiger partial charge in [-0.05, 0) is 39.3 Å². The fourth-order valence-corrected chi connectivity index (χ4v) is 7.17. The topological polar surface area (TPSA) is 38.8 Å². The van der Waals surface area contributed by atoms with Crippen LogP contribution in [0.25, 0.3) is 0 Å². The van der Waals surface area contributed by atoms with Crippen molar-refractivity contribution in [2.45, 2.75) is 39.3 Å². The molecular formula is C9H24NO3PSi2. The van der Waals surface area contributed by atoms with E-state index in [0.717, 1.165) is 6.41 Å². The molecular weight excluding hydrogens is 257 g/mol. The summed E-state index contributed by atoms with van der Waals surface area (Å²) in [7, 11) is -2.44. The number of nitrogens with zero attached hydrogens (tertiary/aromatic N) is 1. The monoisotopic (exact) mass is 281 g/mol. The van der Waals surface area contributed by atoms with Gasteiger partial charge in [-0.15, -0.1) is 0 Å². The summed E-state index contributed by atoms with van der Waals surface area (Å²) in [5.41, 5.74) is 0. The lowest BCUT2D eigenvalue weighted by atomic mass is 11.0. The van der Waals surface area contributed by atoms with E-state index in [1.165, 1.54) is 0 Å². The lowest BCUT2D eigenvalue weighted by Crippen LogP contribution is -2.31. The van der Waals surface area contributed by atoms with Crippen LogP contribution in [-0.4, -0.2) is 41.3 Å². The van der Waals surface area contributed by atoms with Crippen molar-refractivity contribution < 1.29 is 13.2 Å². The van der Waals surface area contributed by atoms with E-state index in [-0.39, 0.29) is 0 Å². The van der Waals surface area contributed by atoms with Crippen molar-refractivity contribution in [2.75, 3.05) is 13.3 Å². The molecule has 0 N–H and O–H groups in total. The van der Waals surface area contributed by atoms with Gasteiger partial charge in [-0.2, -0.15) is 0 Å². The molecule has 0 aliphatic heterocycles. The zero-order valence-corrected chi connectivity index (χ0v) is 14.3. The maximum atomic E-state index is 10.6. The summed E-state index contributed by atoms with van der Waals surface area (Å²) in [6.07, 6.45) is 1.38. The molecule has 0 saturated heterocycles. The van der Waals surface area contributed by atoms with E-state index in [0.29, 0.717) is 6.29 Å². The van der Waals surface area contributed by atoms with Crippen molar-refractivity contribution in [3.05, 3.63) is 0 Å². The first-order valence-electron chi connectivity index (χ1n) is 5.35. The van der Waals surface area contributed by atoms with Crippen LogP contribution < -0.4 is 0 Å². The Bertz CT molecular complexity index is 212. The Hall–Kier alpha value is 0.254. The Morgan fingerprint density at radius 1 is 1.06 bits per heavy atom. The number of carbonyl (C=O) groups excluding carboxylic acids is 1. The van der Waals surface area contributed by atoms with E-state index in [1.807, 2.05) is 0 Å². The van der Waals surface area contributed by atoms with Gasteiger partial charge >= 0.3 is 0 Å². The maximum absolute atomic E-state index is 10.6. The van der Waals surface area contributed by atoms with Gasteiger partial charge in [0.2, 0.25) is 6.41 Å². The Morgan fingerprint density at radius 3 is 1.69 bits per heavy atom. The Labute approximate surface area is 102 Å². The summed E-state index contributed by atoms with van der Waals surface area (Å²) in [4.78, 5) is 12.2. The van der Waals surface area contributed by atoms with Crippen LogP contribution in [0.5, 0.6) is 0 Å². The molecule has 0 heterocycles. The summed E-state index contributed by atoms with van der Waals surface area (Å²) in [5.74, 6) is 0. The maximum Gasteiger partial charge on any atom is 0.209 e. The third kappa shape index (κ3) is 9.48. The molecule has 0 rings (SSSR count). The van der Waals surface area contributed by atoms with Gasteiger partial charge in [0.25, 0.3) is 0 Å². The fraction of sp³-hybridized carbons (Fsp3) is 0.889. The standard InChI is InChI=1S/C9H24NO3PSi2/c1-10(8-11)9-14(12-15(2,3)4)13-16(5,6)7/h8H,9H2,1-7H3. The summed E-state index contributed by atoms with van der Waals surface area (Å²) in [6, 6.07) is 0. The number of hydrogen-bond acceptors (Lipinski definition) is 3. The highest BCUT2D eigenvalue weighted by Gasteiger charge is 2.28. The summed E-state index contributed by atoms with van der Waals surface area (Å²) in [5, 5.41) is 0. The molecule has 0 aromatic heterocycles. The molecule has 0 atom stereocenters. The van der Waals surface area contributed by atoms with Gasteiger partial charge in [-0.25, -0.2) is 0 Å². The molecule has 0 unspecified atom stereocenters. The number of amides is 1. The van der Waals surface area contributed by atoms with Crippen molar-refractivity contribution >= 4 is 31.4 Å².